The molecule has 0 aromatic heterocycles. The Labute approximate surface area is 100 Å². The van der Waals surface area contributed by atoms with Crippen molar-refractivity contribution in [2.75, 3.05) is 13.7 Å². The zero-order chi connectivity index (χ0) is 11.7. The first-order valence-corrected chi connectivity index (χ1v) is 6.59. The highest BCUT2D eigenvalue weighted by molar-refractivity contribution is 6.11. The summed E-state index contributed by atoms with van der Waals surface area (Å²) in [5.74, 6) is 2.65. The Morgan fingerprint density at radius 3 is 2.62 bits per heavy atom. The van der Waals surface area contributed by atoms with Crippen molar-refractivity contribution in [2.24, 2.45) is 23.7 Å². The molecule has 0 spiro atoms. The van der Waals surface area contributed by atoms with Gasteiger partial charge in [-0.2, -0.15) is 0 Å². The fourth-order valence-corrected chi connectivity index (χ4v) is 3.25. The molecule has 1 heterocycles. The maximum atomic E-state index is 6.15. The summed E-state index contributed by atoms with van der Waals surface area (Å²) in [5, 5.41) is 0. The molecular weight excluding hydrogens is 199 g/mol. The van der Waals surface area contributed by atoms with Crippen molar-refractivity contribution in [3.8, 4) is 0 Å². The molecule has 0 N–H and O–H groups in total. The molecule has 1 saturated carbocycles. The third-order valence-corrected chi connectivity index (χ3v) is 4.38. The van der Waals surface area contributed by atoms with E-state index in [1.54, 1.807) is 7.11 Å². The van der Waals surface area contributed by atoms with Crippen molar-refractivity contribution in [1.29, 1.82) is 0 Å². The average molecular weight is 222 g/mol. The van der Waals surface area contributed by atoms with E-state index in [2.05, 4.69) is 13.8 Å². The Hall–Kier alpha value is -0.0151. The molecule has 3 heteroatoms. The zero-order valence-electron chi connectivity index (χ0n) is 10.7. The normalized spacial score (nSPS) is 41.2. The van der Waals surface area contributed by atoms with Gasteiger partial charge < -0.3 is 9.47 Å². The van der Waals surface area contributed by atoms with Crippen LogP contribution < -0.4 is 0 Å². The quantitative estimate of drug-likeness (QED) is 0.664. The second-order valence-corrected chi connectivity index (χ2v) is 5.47. The summed E-state index contributed by atoms with van der Waals surface area (Å²) in [6, 6.07) is -0.0633. The highest BCUT2D eigenvalue weighted by Crippen LogP contribution is 2.50. The van der Waals surface area contributed by atoms with E-state index in [0.717, 1.165) is 5.92 Å². The first kappa shape index (κ1) is 12.4. The first-order chi connectivity index (χ1) is 7.69. The van der Waals surface area contributed by atoms with E-state index in [9.17, 15) is 0 Å². The Morgan fingerprint density at radius 1 is 1.44 bits per heavy atom. The van der Waals surface area contributed by atoms with Gasteiger partial charge in [0.1, 0.15) is 7.85 Å². The SMILES string of the molecule is [B]C1OC(COC)C(C(C)CC)C1C1CC1. The van der Waals surface area contributed by atoms with E-state index in [4.69, 9.17) is 17.3 Å². The number of hydrogen-bond donors (Lipinski definition) is 0. The molecule has 1 aliphatic heterocycles. The fourth-order valence-electron chi connectivity index (χ4n) is 3.25. The van der Waals surface area contributed by atoms with Gasteiger partial charge in [0, 0.05) is 13.1 Å². The van der Waals surface area contributed by atoms with Gasteiger partial charge >= 0.3 is 0 Å². The molecule has 0 amide bonds. The molecule has 2 nitrogen and oxygen atoms in total. The van der Waals surface area contributed by atoms with Crippen LogP contribution in [-0.4, -0.2) is 33.7 Å². The van der Waals surface area contributed by atoms with Crippen LogP contribution in [0.25, 0.3) is 0 Å². The van der Waals surface area contributed by atoms with Crippen LogP contribution in [0.5, 0.6) is 0 Å². The molecule has 2 radical (unpaired) electrons. The van der Waals surface area contributed by atoms with Gasteiger partial charge in [-0.15, -0.1) is 0 Å². The van der Waals surface area contributed by atoms with Gasteiger partial charge in [0.25, 0.3) is 0 Å². The maximum absolute atomic E-state index is 6.15. The van der Waals surface area contributed by atoms with E-state index >= 15 is 0 Å². The molecule has 16 heavy (non-hydrogen) atoms. The van der Waals surface area contributed by atoms with E-state index in [0.29, 0.717) is 24.4 Å². The van der Waals surface area contributed by atoms with E-state index in [1.807, 2.05) is 0 Å². The van der Waals surface area contributed by atoms with Crippen molar-refractivity contribution >= 4 is 7.85 Å². The predicted octanol–water partition coefficient (Wildman–Crippen LogP) is 2.21. The largest absolute Gasteiger partial charge is 0.382 e. The summed E-state index contributed by atoms with van der Waals surface area (Å²) in [5.41, 5.74) is 0. The smallest absolute Gasteiger partial charge is 0.109 e. The average Bonchev–Trinajstić information content (AvgIpc) is 3.03. The lowest BCUT2D eigenvalue weighted by Gasteiger charge is -2.28. The summed E-state index contributed by atoms with van der Waals surface area (Å²) < 4.78 is 11.2. The predicted molar refractivity (Wildman–Crippen MR) is 65.5 cm³/mol. The van der Waals surface area contributed by atoms with Crippen LogP contribution in [0.1, 0.15) is 33.1 Å². The highest BCUT2D eigenvalue weighted by atomic mass is 16.5. The summed E-state index contributed by atoms with van der Waals surface area (Å²) in [4.78, 5) is 0. The van der Waals surface area contributed by atoms with E-state index in [-0.39, 0.29) is 12.1 Å². The third-order valence-electron chi connectivity index (χ3n) is 4.38. The van der Waals surface area contributed by atoms with Gasteiger partial charge in [0.05, 0.1) is 12.7 Å². The minimum atomic E-state index is -0.0633. The lowest BCUT2D eigenvalue weighted by Crippen LogP contribution is -2.31. The van der Waals surface area contributed by atoms with E-state index in [1.165, 1.54) is 19.3 Å². The Morgan fingerprint density at radius 2 is 2.12 bits per heavy atom. The highest BCUT2D eigenvalue weighted by Gasteiger charge is 2.49. The van der Waals surface area contributed by atoms with Gasteiger partial charge in [-0.05, 0) is 36.5 Å². The molecule has 0 aromatic rings. The molecule has 1 aliphatic carbocycles. The summed E-state index contributed by atoms with van der Waals surface area (Å²) >= 11 is 0. The topological polar surface area (TPSA) is 18.5 Å². The van der Waals surface area contributed by atoms with Crippen LogP contribution in [0.4, 0.5) is 0 Å². The van der Waals surface area contributed by atoms with Crippen LogP contribution in [-0.2, 0) is 9.47 Å². The molecule has 2 aliphatic rings. The molecule has 5 atom stereocenters. The van der Waals surface area contributed by atoms with Crippen molar-refractivity contribution < 1.29 is 9.47 Å². The lowest BCUT2D eigenvalue weighted by atomic mass is 9.71. The minimum absolute atomic E-state index is 0.0633. The first-order valence-electron chi connectivity index (χ1n) is 6.59. The number of hydrogen-bond acceptors (Lipinski definition) is 2. The summed E-state index contributed by atoms with van der Waals surface area (Å²) in [6.45, 7) is 5.26. The molecule has 0 aromatic carbocycles. The molecular formula is C13H23BO2. The monoisotopic (exact) mass is 222 g/mol. The van der Waals surface area contributed by atoms with Crippen LogP contribution >= 0.6 is 0 Å². The third kappa shape index (κ3) is 2.30. The van der Waals surface area contributed by atoms with Crippen molar-refractivity contribution in [3.63, 3.8) is 0 Å². The zero-order valence-corrected chi connectivity index (χ0v) is 10.7. The van der Waals surface area contributed by atoms with Crippen molar-refractivity contribution in [1.82, 2.24) is 0 Å². The second-order valence-electron chi connectivity index (χ2n) is 5.47. The Kier molecular flexibility index (Phi) is 3.96. The molecule has 2 fully saturated rings. The molecule has 90 valence electrons. The van der Waals surface area contributed by atoms with Crippen molar-refractivity contribution in [2.45, 2.75) is 45.2 Å². The Bertz CT molecular complexity index is 230. The standard InChI is InChI=1S/C13H23BO2/c1-4-8(2)11-10(7-15-3)16-13(14)12(11)9-5-6-9/h8-13H,4-7H2,1-3H3. The molecule has 1 saturated heterocycles. The van der Waals surface area contributed by atoms with Gasteiger partial charge in [0.15, 0.2) is 0 Å². The van der Waals surface area contributed by atoms with Crippen LogP contribution in [0.2, 0.25) is 0 Å². The molecule has 5 unspecified atom stereocenters. The lowest BCUT2D eigenvalue weighted by molar-refractivity contribution is 0.000912. The van der Waals surface area contributed by atoms with Crippen LogP contribution in [0.15, 0.2) is 0 Å². The molecule has 0 bridgehead atoms. The maximum Gasteiger partial charge on any atom is 0.109 e. The minimum Gasteiger partial charge on any atom is -0.382 e. The Balaban J connectivity index is 2.09. The number of methoxy groups -OCH3 is 1. The van der Waals surface area contributed by atoms with Gasteiger partial charge in [-0.1, -0.05) is 20.3 Å². The van der Waals surface area contributed by atoms with Crippen molar-refractivity contribution in [3.05, 3.63) is 0 Å². The van der Waals surface area contributed by atoms with E-state index < -0.39 is 0 Å². The van der Waals surface area contributed by atoms with Gasteiger partial charge in [-0.25, -0.2) is 0 Å². The second kappa shape index (κ2) is 5.09. The summed E-state index contributed by atoms with van der Waals surface area (Å²) in [6.07, 6.45) is 4.09. The number of ether oxygens (including phenoxy) is 2. The molecule has 2 rings (SSSR count). The van der Waals surface area contributed by atoms with Crippen LogP contribution in [0.3, 0.4) is 0 Å². The summed E-state index contributed by atoms with van der Waals surface area (Å²) in [7, 11) is 7.89. The fraction of sp³-hybridized carbons (Fsp3) is 1.00. The van der Waals surface area contributed by atoms with Crippen LogP contribution in [0, 0.1) is 23.7 Å². The van der Waals surface area contributed by atoms with Gasteiger partial charge in [-0.3, -0.25) is 0 Å². The van der Waals surface area contributed by atoms with Gasteiger partial charge in [0.2, 0.25) is 0 Å². The number of rotatable bonds is 5.